The van der Waals surface area contributed by atoms with Crippen molar-refractivity contribution in [3.63, 3.8) is 0 Å². The van der Waals surface area contributed by atoms with Crippen LogP contribution in [-0.2, 0) is 19.4 Å². The van der Waals surface area contributed by atoms with Crippen LogP contribution in [0, 0.1) is 0 Å². The number of nitrogens with zero attached hydrogens (tertiary/aromatic N) is 2. The number of aromatic nitrogens is 2. The SMILES string of the molecule is O=C(NCc1nc(-c2cccs2)no1)c1ccccc1CCc1ccccc1. The molecule has 28 heavy (non-hydrogen) atoms. The number of amides is 1. The molecule has 0 radical (unpaired) electrons. The smallest absolute Gasteiger partial charge is 0.251 e. The maximum atomic E-state index is 12.7. The summed E-state index contributed by atoms with van der Waals surface area (Å²) < 4.78 is 5.24. The Bertz CT molecular complexity index is 1040. The third-order valence-electron chi connectivity index (χ3n) is 4.40. The van der Waals surface area contributed by atoms with Crippen LogP contribution in [0.2, 0.25) is 0 Å². The highest BCUT2D eigenvalue weighted by Gasteiger charge is 2.14. The average molecular weight is 389 g/mol. The van der Waals surface area contributed by atoms with Crippen molar-refractivity contribution >= 4 is 17.2 Å². The quantitative estimate of drug-likeness (QED) is 0.505. The fraction of sp³-hybridized carbons (Fsp3) is 0.136. The Kier molecular flexibility index (Phi) is 5.58. The van der Waals surface area contributed by atoms with Gasteiger partial charge in [-0.05, 0) is 41.5 Å². The number of nitrogens with one attached hydrogen (secondary N) is 1. The highest BCUT2D eigenvalue weighted by atomic mass is 32.1. The monoisotopic (exact) mass is 389 g/mol. The number of hydrogen-bond donors (Lipinski definition) is 1. The molecule has 0 fully saturated rings. The van der Waals surface area contributed by atoms with Gasteiger partial charge in [-0.25, -0.2) is 0 Å². The molecule has 0 aliphatic carbocycles. The lowest BCUT2D eigenvalue weighted by atomic mass is 9.99. The first kappa shape index (κ1) is 18.1. The molecule has 2 aromatic carbocycles. The highest BCUT2D eigenvalue weighted by Crippen LogP contribution is 2.21. The number of hydrogen-bond acceptors (Lipinski definition) is 5. The second kappa shape index (κ2) is 8.63. The van der Waals surface area contributed by atoms with E-state index in [1.807, 2.05) is 60.0 Å². The molecule has 0 spiro atoms. The van der Waals surface area contributed by atoms with Gasteiger partial charge in [0.1, 0.15) is 0 Å². The first-order chi connectivity index (χ1) is 13.8. The standard InChI is InChI=1S/C22H19N3O2S/c26-22(23-15-20-24-21(25-27-20)19-11-6-14-28-19)18-10-5-4-9-17(18)13-12-16-7-2-1-3-8-16/h1-11,14H,12-13,15H2,(H,23,26). The third-order valence-corrected chi connectivity index (χ3v) is 5.26. The zero-order chi connectivity index (χ0) is 19.2. The summed E-state index contributed by atoms with van der Waals surface area (Å²) in [6, 6.07) is 21.8. The minimum atomic E-state index is -0.139. The van der Waals surface area contributed by atoms with Crippen molar-refractivity contribution in [2.24, 2.45) is 0 Å². The molecule has 6 heteroatoms. The molecule has 2 heterocycles. The van der Waals surface area contributed by atoms with Gasteiger partial charge in [0.25, 0.3) is 5.91 Å². The average Bonchev–Trinajstić information content (AvgIpc) is 3.43. The summed E-state index contributed by atoms with van der Waals surface area (Å²) >= 11 is 1.54. The molecule has 0 atom stereocenters. The number of thiophene rings is 1. The minimum Gasteiger partial charge on any atom is -0.343 e. The van der Waals surface area contributed by atoms with Gasteiger partial charge in [-0.2, -0.15) is 4.98 Å². The fourth-order valence-corrected chi connectivity index (χ4v) is 3.62. The van der Waals surface area contributed by atoms with Crippen LogP contribution in [0.4, 0.5) is 0 Å². The molecule has 5 nitrogen and oxygen atoms in total. The van der Waals surface area contributed by atoms with Crippen molar-refractivity contribution in [2.75, 3.05) is 0 Å². The largest absolute Gasteiger partial charge is 0.343 e. The van der Waals surface area contributed by atoms with Crippen LogP contribution < -0.4 is 5.32 Å². The first-order valence-electron chi connectivity index (χ1n) is 9.06. The van der Waals surface area contributed by atoms with Crippen molar-refractivity contribution in [3.8, 4) is 10.7 Å². The second-order valence-electron chi connectivity index (χ2n) is 6.31. The molecule has 1 amide bonds. The van der Waals surface area contributed by atoms with Crippen molar-refractivity contribution in [3.05, 3.63) is 94.7 Å². The van der Waals surface area contributed by atoms with Gasteiger partial charge in [0.05, 0.1) is 11.4 Å². The predicted octanol–water partition coefficient (Wildman–Crippen LogP) is 4.51. The fourth-order valence-electron chi connectivity index (χ4n) is 2.97. The Morgan fingerprint density at radius 3 is 2.61 bits per heavy atom. The summed E-state index contributed by atoms with van der Waals surface area (Å²) in [5.74, 6) is 0.792. The van der Waals surface area contributed by atoms with Crippen LogP contribution in [0.5, 0.6) is 0 Å². The van der Waals surface area contributed by atoms with Crippen LogP contribution in [0.1, 0.15) is 27.4 Å². The van der Waals surface area contributed by atoms with Crippen molar-refractivity contribution in [1.82, 2.24) is 15.5 Å². The van der Waals surface area contributed by atoms with E-state index in [1.165, 1.54) is 5.56 Å². The van der Waals surface area contributed by atoms with Gasteiger partial charge >= 0.3 is 0 Å². The number of carbonyl (C=O) groups is 1. The van der Waals surface area contributed by atoms with Crippen molar-refractivity contribution in [1.29, 1.82) is 0 Å². The number of rotatable bonds is 7. The number of aryl methyl sites for hydroxylation is 2. The molecule has 0 unspecified atom stereocenters. The van der Waals surface area contributed by atoms with Crippen LogP contribution >= 0.6 is 11.3 Å². The zero-order valence-electron chi connectivity index (χ0n) is 15.2. The second-order valence-corrected chi connectivity index (χ2v) is 7.26. The van der Waals surface area contributed by atoms with E-state index in [2.05, 4.69) is 27.6 Å². The molecule has 1 N–H and O–H groups in total. The van der Waals surface area contributed by atoms with Crippen molar-refractivity contribution in [2.45, 2.75) is 19.4 Å². The summed E-state index contributed by atoms with van der Waals surface area (Å²) in [5.41, 5.74) is 2.95. The van der Waals surface area contributed by atoms with E-state index in [-0.39, 0.29) is 12.5 Å². The topological polar surface area (TPSA) is 68.0 Å². The van der Waals surface area contributed by atoms with E-state index in [4.69, 9.17) is 4.52 Å². The zero-order valence-corrected chi connectivity index (χ0v) is 16.0. The maximum Gasteiger partial charge on any atom is 0.251 e. The van der Waals surface area contributed by atoms with E-state index in [9.17, 15) is 4.79 Å². The summed E-state index contributed by atoms with van der Waals surface area (Å²) in [7, 11) is 0. The first-order valence-corrected chi connectivity index (χ1v) is 9.94. The lowest BCUT2D eigenvalue weighted by Gasteiger charge is -2.09. The third kappa shape index (κ3) is 4.35. The van der Waals surface area contributed by atoms with Gasteiger partial charge in [0.2, 0.25) is 11.7 Å². The molecule has 140 valence electrons. The van der Waals surface area contributed by atoms with Crippen LogP contribution in [-0.4, -0.2) is 16.0 Å². The molecule has 4 rings (SSSR count). The molecule has 0 aliphatic heterocycles. The van der Waals surface area contributed by atoms with Crippen LogP contribution in [0.15, 0.2) is 76.6 Å². The maximum absolute atomic E-state index is 12.7. The summed E-state index contributed by atoms with van der Waals surface area (Å²) in [6.07, 6.45) is 1.69. The van der Waals surface area contributed by atoms with Gasteiger partial charge in [0.15, 0.2) is 0 Å². The molecule has 0 saturated heterocycles. The normalized spacial score (nSPS) is 10.7. The summed E-state index contributed by atoms with van der Waals surface area (Å²) in [6.45, 7) is 0.199. The molecule has 2 aromatic heterocycles. The van der Waals surface area contributed by atoms with Gasteiger partial charge in [-0.3, -0.25) is 4.79 Å². The Labute approximate surface area is 167 Å². The Morgan fingerprint density at radius 1 is 0.964 bits per heavy atom. The number of carbonyl (C=O) groups excluding carboxylic acids is 1. The van der Waals surface area contributed by atoms with Crippen LogP contribution in [0.25, 0.3) is 10.7 Å². The minimum absolute atomic E-state index is 0.139. The predicted molar refractivity (Wildman–Crippen MR) is 109 cm³/mol. The van der Waals surface area contributed by atoms with E-state index in [0.29, 0.717) is 17.3 Å². The van der Waals surface area contributed by atoms with Gasteiger partial charge < -0.3 is 9.84 Å². The van der Waals surface area contributed by atoms with E-state index in [1.54, 1.807) is 11.3 Å². The summed E-state index contributed by atoms with van der Waals surface area (Å²) in [5, 5.41) is 8.80. The molecular formula is C22H19N3O2S. The Hall–Kier alpha value is -3.25. The molecule has 0 bridgehead atoms. The Morgan fingerprint density at radius 2 is 1.79 bits per heavy atom. The van der Waals surface area contributed by atoms with E-state index >= 15 is 0 Å². The molecule has 4 aromatic rings. The lowest BCUT2D eigenvalue weighted by molar-refractivity contribution is 0.0945. The number of benzene rings is 2. The van der Waals surface area contributed by atoms with Gasteiger partial charge in [-0.1, -0.05) is 59.8 Å². The Balaban J connectivity index is 1.39. The van der Waals surface area contributed by atoms with Crippen LogP contribution in [0.3, 0.4) is 0 Å². The summed E-state index contributed by atoms with van der Waals surface area (Å²) in [4.78, 5) is 18.0. The molecular weight excluding hydrogens is 370 g/mol. The van der Waals surface area contributed by atoms with Gasteiger partial charge in [-0.15, -0.1) is 11.3 Å². The highest BCUT2D eigenvalue weighted by molar-refractivity contribution is 7.13. The van der Waals surface area contributed by atoms with E-state index in [0.717, 1.165) is 23.3 Å². The van der Waals surface area contributed by atoms with Crippen molar-refractivity contribution < 1.29 is 9.32 Å². The van der Waals surface area contributed by atoms with E-state index < -0.39 is 0 Å². The van der Waals surface area contributed by atoms with Gasteiger partial charge in [0, 0.05) is 5.56 Å². The lowest BCUT2D eigenvalue weighted by Crippen LogP contribution is -2.24. The molecule has 0 aliphatic rings. The molecule has 0 saturated carbocycles.